The maximum atomic E-state index is 12.4. The molecule has 0 atom stereocenters. The molecule has 8 nitrogen and oxygen atoms in total. The van der Waals surface area contributed by atoms with Crippen LogP contribution in [0.4, 0.5) is 0 Å². The number of pyridine rings is 1. The molecular weight excluding hydrogens is 322 g/mol. The van der Waals surface area contributed by atoms with Crippen LogP contribution < -0.4 is 15.8 Å². The van der Waals surface area contributed by atoms with E-state index < -0.39 is 11.8 Å². The van der Waals surface area contributed by atoms with Crippen molar-refractivity contribution in [3.8, 4) is 5.88 Å². The molecule has 0 fully saturated rings. The van der Waals surface area contributed by atoms with Crippen LogP contribution in [0.2, 0.25) is 0 Å². The van der Waals surface area contributed by atoms with Crippen molar-refractivity contribution in [1.29, 1.82) is 0 Å². The number of nitrogens with two attached hydrogens (primary N) is 1. The molecule has 2 aromatic heterocycles. The van der Waals surface area contributed by atoms with E-state index in [-0.39, 0.29) is 17.9 Å². The molecule has 0 aliphatic heterocycles. The second-order valence-corrected chi connectivity index (χ2v) is 5.14. The number of carbonyl (C=O) groups excluding carboxylic acids is 2. The number of amides is 2. The standard InChI is InChI=1S/C17H15N5O3/c1-25-13-8-10(11-4-2-3-5-12(11)22-13)9-21-17(24)15-14(16(18)23)19-6-7-20-15/h2-8H,9H2,1H3,(H2,18,23)(H,21,24). The first-order valence-electron chi connectivity index (χ1n) is 7.42. The van der Waals surface area contributed by atoms with Crippen molar-refractivity contribution in [2.45, 2.75) is 6.54 Å². The van der Waals surface area contributed by atoms with Gasteiger partial charge in [0.1, 0.15) is 0 Å². The molecule has 126 valence electrons. The first kappa shape index (κ1) is 16.3. The summed E-state index contributed by atoms with van der Waals surface area (Å²) in [7, 11) is 1.53. The number of nitrogens with one attached hydrogen (secondary N) is 1. The molecular formula is C17H15N5O3. The highest BCUT2D eigenvalue weighted by molar-refractivity contribution is 6.04. The average Bonchev–Trinajstić information content (AvgIpc) is 2.65. The summed E-state index contributed by atoms with van der Waals surface area (Å²) in [5.41, 5.74) is 6.52. The van der Waals surface area contributed by atoms with Gasteiger partial charge in [0, 0.05) is 30.4 Å². The summed E-state index contributed by atoms with van der Waals surface area (Å²) in [6, 6.07) is 9.26. The normalized spacial score (nSPS) is 10.4. The van der Waals surface area contributed by atoms with Crippen molar-refractivity contribution in [3.63, 3.8) is 0 Å². The Hall–Kier alpha value is -3.55. The summed E-state index contributed by atoms with van der Waals surface area (Å²) >= 11 is 0. The van der Waals surface area contributed by atoms with Crippen LogP contribution in [0.3, 0.4) is 0 Å². The number of nitrogens with zero attached hydrogens (tertiary/aromatic N) is 3. The molecule has 0 bridgehead atoms. The third-order valence-corrected chi connectivity index (χ3v) is 3.57. The van der Waals surface area contributed by atoms with Gasteiger partial charge in [0.25, 0.3) is 11.8 Å². The van der Waals surface area contributed by atoms with E-state index in [9.17, 15) is 9.59 Å². The smallest absolute Gasteiger partial charge is 0.272 e. The van der Waals surface area contributed by atoms with E-state index in [0.29, 0.717) is 5.88 Å². The number of benzene rings is 1. The fourth-order valence-corrected chi connectivity index (χ4v) is 2.42. The van der Waals surface area contributed by atoms with Gasteiger partial charge < -0.3 is 15.8 Å². The van der Waals surface area contributed by atoms with E-state index in [0.717, 1.165) is 16.5 Å². The molecule has 0 saturated heterocycles. The van der Waals surface area contributed by atoms with Gasteiger partial charge in [-0.2, -0.15) is 0 Å². The highest BCUT2D eigenvalue weighted by atomic mass is 16.5. The largest absolute Gasteiger partial charge is 0.481 e. The lowest BCUT2D eigenvalue weighted by Crippen LogP contribution is -2.28. The summed E-state index contributed by atoms with van der Waals surface area (Å²) in [5, 5.41) is 3.61. The van der Waals surface area contributed by atoms with Crippen LogP contribution in [0.1, 0.15) is 26.5 Å². The highest BCUT2D eigenvalue weighted by Crippen LogP contribution is 2.21. The molecule has 3 aromatic rings. The Kier molecular flexibility index (Phi) is 4.51. The molecule has 3 N–H and O–H groups in total. The van der Waals surface area contributed by atoms with E-state index in [1.807, 2.05) is 24.3 Å². The Bertz CT molecular complexity index is 958. The van der Waals surface area contributed by atoms with Gasteiger partial charge in [-0.25, -0.2) is 15.0 Å². The molecule has 0 aliphatic rings. The fraction of sp³-hybridized carbons (Fsp3) is 0.118. The number of hydrogen-bond donors (Lipinski definition) is 2. The van der Waals surface area contributed by atoms with Gasteiger partial charge in [0.15, 0.2) is 11.4 Å². The van der Waals surface area contributed by atoms with Crippen molar-refractivity contribution >= 4 is 22.7 Å². The lowest BCUT2D eigenvalue weighted by molar-refractivity contribution is 0.0926. The van der Waals surface area contributed by atoms with Gasteiger partial charge in [-0.3, -0.25) is 9.59 Å². The zero-order chi connectivity index (χ0) is 17.8. The molecule has 0 aliphatic carbocycles. The number of para-hydroxylation sites is 1. The number of methoxy groups -OCH3 is 1. The first-order chi connectivity index (χ1) is 12.1. The monoisotopic (exact) mass is 337 g/mol. The van der Waals surface area contributed by atoms with Crippen LogP contribution in [0.25, 0.3) is 10.9 Å². The Labute approximate surface area is 143 Å². The number of carbonyl (C=O) groups is 2. The molecule has 0 radical (unpaired) electrons. The van der Waals surface area contributed by atoms with Gasteiger partial charge in [-0.1, -0.05) is 18.2 Å². The second-order valence-electron chi connectivity index (χ2n) is 5.14. The third-order valence-electron chi connectivity index (χ3n) is 3.57. The number of aromatic nitrogens is 3. The minimum absolute atomic E-state index is 0.111. The Balaban J connectivity index is 1.88. The van der Waals surface area contributed by atoms with Crippen LogP contribution in [0.5, 0.6) is 5.88 Å². The van der Waals surface area contributed by atoms with Gasteiger partial charge in [-0.05, 0) is 11.6 Å². The van der Waals surface area contributed by atoms with E-state index >= 15 is 0 Å². The quantitative estimate of drug-likeness (QED) is 0.718. The van der Waals surface area contributed by atoms with Crippen LogP contribution in [-0.2, 0) is 6.54 Å². The fourth-order valence-electron chi connectivity index (χ4n) is 2.42. The second kappa shape index (κ2) is 6.91. The first-order valence-corrected chi connectivity index (χ1v) is 7.42. The van der Waals surface area contributed by atoms with Crippen molar-refractivity contribution in [3.05, 3.63) is 59.7 Å². The summed E-state index contributed by atoms with van der Waals surface area (Å²) in [6.45, 7) is 0.201. The van der Waals surface area contributed by atoms with Gasteiger partial charge in [0.2, 0.25) is 5.88 Å². The zero-order valence-corrected chi connectivity index (χ0v) is 13.4. The number of ether oxygens (including phenoxy) is 1. The molecule has 3 rings (SSSR count). The summed E-state index contributed by atoms with van der Waals surface area (Å²) < 4.78 is 5.20. The predicted molar refractivity (Wildman–Crippen MR) is 90.0 cm³/mol. The number of primary amides is 1. The van der Waals surface area contributed by atoms with Gasteiger partial charge in [-0.15, -0.1) is 0 Å². The third kappa shape index (κ3) is 3.37. The lowest BCUT2D eigenvalue weighted by Gasteiger charge is -2.10. The van der Waals surface area contributed by atoms with E-state index in [1.165, 1.54) is 19.5 Å². The molecule has 0 saturated carbocycles. The number of rotatable bonds is 5. The SMILES string of the molecule is COc1cc(CNC(=O)c2nccnc2C(N)=O)c2ccccc2n1. The molecule has 8 heteroatoms. The molecule has 2 heterocycles. The summed E-state index contributed by atoms with van der Waals surface area (Å²) in [5.74, 6) is -0.906. The molecule has 1 aromatic carbocycles. The van der Waals surface area contributed by atoms with Gasteiger partial charge in [0.05, 0.1) is 12.6 Å². The molecule has 0 spiro atoms. The van der Waals surface area contributed by atoms with Crippen molar-refractivity contribution in [2.75, 3.05) is 7.11 Å². The van der Waals surface area contributed by atoms with E-state index in [1.54, 1.807) is 6.07 Å². The van der Waals surface area contributed by atoms with Crippen molar-refractivity contribution in [1.82, 2.24) is 20.3 Å². The minimum atomic E-state index is -0.811. The molecule has 2 amide bonds. The molecule has 0 unspecified atom stereocenters. The Morgan fingerprint density at radius 3 is 2.60 bits per heavy atom. The van der Waals surface area contributed by atoms with Crippen LogP contribution in [0, 0.1) is 0 Å². The van der Waals surface area contributed by atoms with Crippen molar-refractivity contribution < 1.29 is 14.3 Å². The van der Waals surface area contributed by atoms with Crippen LogP contribution >= 0.6 is 0 Å². The summed E-state index contributed by atoms with van der Waals surface area (Å²) in [4.78, 5) is 35.8. The number of hydrogen-bond acceptors (Lipinski definition) is 6. The maximum Gasteiger partial charge on any atom is 0.272 e. The van der Waals surface area contributed by atoms with Crippen molar-refractivity contribution in [2.24, 2.45) is 5.73 Å². The maximum absolute atomic E-state index is 12.4. The lowest BCUT2D eigenvalue weighted by atomic mass is 10.1. The topological polar surface area (TPSA) is 120 Å². The zero-order valence-electron chi connectivity index (χ0n) is 13.4. The summed E-state index contributed by atoms with van der Waals surface area (Å²) in [6.07, 6.45) is 2.63. The van der Waals surface area contributed by atoms with Crippen LogP contribution in [-0.4, -0.2) is 33.9 Å². The average molecular weight is 337 g/mol. The van der Waals surface area contributed by atoms with Gasteiger partial charge >= 0.3 is 0 Å². The number of fused-ring (bicyclic) bond motifs is 1. The highest BCUT2D eigenvalue weighted by Gasteiger charge is 2.18. The Morgan fingerprint density at radius 1 is 1.16 bits per heavy atom. The minimum Gasteiger partial charge on any atom is -0.481 e. The van der Waals surface area contributed by atoms with Crippen LogP contribution in [0.15, 0.2) is 42.7 Å². The van der Waals surface area contributed by atoms with E-state index in [4.69, 9.17) is 10.5 Å². The van der Waals surface area contributed by atoms with E-state index in [2.05, 4.69) is 20.3 Å². The molecule has 25 heavy (non-hydrogen) atoms. The predicted octanol–water partition coefficient (Wildman–Crippen LogP) is 1.06. The Morgan fingerprint density at radius 2 is 1.88 bits per heavy atom.